The maximum Gasteiger partial charge on any atom is 0.257 e. The second-order valence-electron chi connectivity index (χ2n) is 7.54. The number of likely N-dealkylation sites (tertiary alicyclic amines) is 1. The molecule has 0 spiro atoms. The van der Waals surface area contributed by atoms with Crippen molar-refractivity contribution in [3.05, 3.63) is 54.2 Å². The minimum atomic E-state index is -0.00984. The van der Waals surface area contributed by atoms with Crippen molar-refractivity contribution in [2.45, 2.75) is 19.4 Å². The van der Waals surface area contributed by atoms with Crippen molar-refractivity contribution >= 4 is 11.8 Å². The van der Waals surface area contributed by atoms with Crippen LogP contribution in [-0.4, -0.2) is 70.8 Å². The van der Waals surface area contributed by atoms with E-state index in [-0.39, 0.29) is 17.7 Å². The lowest BCUT2D eigenvalue weighted by Gasteiger charge is -2.38. The van der Waals surface area contributed by atoms with Crippen LogP contribution in [0.3, 0.4) is 0 Å². The molecular formula is C21H26N4O3. The summed E-state index contributed by atoms with van der Waals surface area (Å²) in [7, 11) is 0. The second kappa shape index (κ2) is 8.56. The largest absolute Gasteiger partial charge is 0.472 e. The Morgan fingerprint density at radius 1 is 0.964 bits per heavy atom. The molecule has 2 aromatic heterocycles. The van der Waals surface area contributed by atoms with Crippen LogP contribution in [0.5, 0.6) is 0 Å². The first-order valence-corrected chi connectivity index (χ1v) is 9.92. The maximum absolute atomic E-state index is 12.9. The predicted molar refractivity (Wildman–Crippen MR) is 103 cm³/mol. The summed E-state index contributed by atoms with van der Waals surface area (Å²) in [6, 6.07) is 5.76. The Morgan fingerprint density at radius 2 is 1.68 bits per heavy atom. The predicted octanol–water partition coefficient (Wildman–Crippen LogP) is 1.87. The molecule has 2 aliphatic rings. The number of carbonyl (C=O) groups is 2. The number of rotatable bonds is 4. The molecule has 0 bridgehead atoms. The van der Waals surface area contributed by atoms with E-state index in [1.54, 1.807) is 6.07 Å². The standard InChI is InChI=1S/C21H26N4O3/c26-20(18-3-8-24(9-4-18)21(27)19-5-14-28-16-19)25-12-10-23(11-13-25)15-17-1-6-22-7-2-17/h1-2,5-7,14,16,18H,3-4,8-13,15H2. The third kappa shape index (κ3) is 4.25. The van der Waals surface area contributed by atoms with Crippen molar-refractivity contribution in [3.63, 3.8) is 0 Å². The molecule has 2 saturated heterocycles. The average molecular weight is 382 g/mol. The van der Waals surface area contributed by atoms with Gasteiger partial charge in [-0.15, -0.1) is 0 Å². The van der Waals surface area contributed by atoms with Gasteiger partial charge in [-0.25, -0.2) is 0 Å². The van der Waals surface area contributed by atoms with E-state index in [4.69, 9.17) is 4.42 Å². The summed E-state index contributed by atoms with van der Waals surface area (Å²) in [5, 5.41) is 0. The van der Waals surface area contributed by atoms with E-state index >= 15 is 0 Å². The average Bonchev–Trinajstić information content (AvgIpc) is 3.29. The van der Waals surface area contributed by atoms with E-state index in [9.17, 15) is 9.59 Å². The molecule has 0 atom stereocenters. The number of aromatic nitrogens is 1. The van der Waals surface area contributed by atoms with Gasteiger partial charge in [0.15, 0.2) is 0 Å². The maximum atomic E-state index is 12.9. The van der Waals surface area contributed by atoms with Gasteiger partial charge in [-0.2, -0.15) is 0 Å². The van der Waals surface area contributed by atoms with Crippen LogP contribution in [0, 0.1) is 5.92 Å². The van der Waals surface area contributed by atoms with E-state index in [0.717, 1.165) is 45.6 Å². The van der Waals surface area contributed by atoms with Gasteiger partial charge in [-0.05, 0) is 36.6 Å². The van der Waals surface area contributed by atoms with Gasteiger partial charge < -0.3 is 14.2 Å². The van der Waals surface area contributed by atoms with Gasteiger partial charge in [0.05, 0.1) is 11.8 Å². The highest BCUT2D eigenvalue weighted by Crippen LogP contribution is 2.22. The van der Waals surface area contributed by atoms with Crippen LogP contribution in [-0.2, 0) is 11.3 Å². The van der Waals surface area contributed by atoms with Gasteiger partial charge in [0, 0.05) is 64.1 Å². The van der Waals surface area contributed by atoms with Crippen LogP contribution >= 0.6 is 0 Å². The fourth-order valence-electron chi connectivity index (χ4n) is 4.03. The minimum absolute atomic E-state index is 0.00984. The van der Waals surface area contributed by atoms with E-state index in [2.05, 4.69) is 9.88 Å². The summed E-state index contributed by atoms with van der Waals surface area (Å²) < 4.78 is 5.00. The Bertz CT molecular complexity index is 777. The third-order valence-electron chi connectivity index (χ3n) is 5.74. The van der Waals surface area contributed by atoms with Crippen LogP contribution in [0.1, 0.15) is 28.8 Å². The number of furan rings is 1. The lowest BCUT2D eigenvalue weighted by Crippen LogP contribution is -2.51. The number of carbonyl (C=O) groups excluding carboxylic acids is 2. The van der Waals surface area contributed by atoms with Gasteiger partial charge in [-0.3, -0.25) is 19.5 Å². The van der Waals surface area contributed by atoms with E-state index < -0.39 is 0 Å². The zero-order valence-corrected chi connectivity index (χ0v) is 16.0. The van der Waals surface area contributed by atoms with Gasteiger partial charge in [0.2, 0.25) is 5.91 Å². The van der Waals surface area contributed by atoms with E-state index in [1.807, 2.05) is 34.3 Å². The fraction of sp³-hybridized carbons (Fsp3) is 0.476. The molecule has 2 amide bonds. The fourth-order valence-corrected chi connectivity index (χ4v) is 4.03. The van der Waals surface area contributed by atoms with Crippen LogP contribution < -0.4 is 0 Å². The molecule has 0 radical (unpaired) electrons. The molecule has 0 aromatic carbocycles. The van der Waals surface area contributed by atoms with Crippen molar-refractivity contribution < 1.29 is 14.0 Å². The molecular weight excluding hydrogens is 356 g/mol. The SMILES string of the molecule is O=C(c1ccoc1)N1CCC(C(=O)N2CCN(Cc3ccncc3)CC2)CC1. The third-order valence-corrected chi connectivity index (χ3v) is 5.74. The summed E-state index contributed by atoms with van der Waals surface area (Å²) in [5.74, 6) is 0.267. The van der Waals surface area contributed by atoms with Gasteiger partial charge >= 0.3 is 0 Å². The number of hydrogen-bond donors (Lipinski definition) is 0. The molecule has 148 valence electrons. The number of piperazine rings is 1. The molecule has 0 saturated carbocycles. The van der Waals surface area contributed by atoms with Crippen molar-refractivity contribution in [1.29, 1.82) is 0 Å². The molecule has 0 aliphatic carbocycles. The molecule has 0 unspecified atom stereocenters. The Balaban J connectivity index is 1.23. The Hall–Kier alpha value is -2.67. The zero-order chi connectivity index (χ0) is 19.3. The summed E-state index contributed by atoms with van der Waals surface area (Å²) >= 11 is 0. The van der Waals surface area contributed by atoms with Gasteiger partial charge in [0.1, 0.15) is 6.26 Å². The van der Waals surface area contributed by atoms with Crippen molar-refractivity contribution in [2.75, 3.05) is 39.3 Å². The van der Waals surface area contributed by atoms with Gasteiger partial charge in [0.25, 0.3) is 5.91 Å². The number of pyridine rings is 1. The first-order chi connectivity index (χ1) is 13.7. The summed E-state index contributed by atoms with van der Waals surface area (Å²) in [6.07, 6.45) is 8.10. The zero-order valence-electron chi connectivity index (χ0n) is 16.0. The van der Waals surface area contributed by atoms with E-state index in [1.165, 1.54) is 18.1 Å². The molecule has 2 aliphatic heterocycles. The molecule has 0 N–H and O–H groups in total. The van der Waals surface area contributed by atoms with Crippen LogP contribution in [0.4, 0.5) is 0 Å². The number of nitrogens with zero attached hydrogens (tertiary/aromatic N) is 4. The van der Waals surface area contributed by atoms with Gasteiger partial charge in [-0.1, -0.05) is 0 Å². The highest BCUT2D eigenvalue weighted by atomic mass is 16.3. The summed E-state index contributed by atoms with van der Waals surface area (Å²) in [6.45, 7) is 5.50. The van der Waals surface area contributed by atoms with Crippen LogP contribution in [0.25, 0.3) is 0 Å². The van der Waals surface area contributed by atoms with Crippen LogP contribution in [0.2, 0.25) is 0 Å². The first kappa shape index (κ1) is 18.7. The number of piperidine rings is 1. The Labute approximate surface area is 164 Å². The van der Waals surface area contributed by atoms with Crippen molar-refractivity contribution in [3.8, 4) is 0 Å². The molecule has 4 heterocycles. The molecule has 7 nitrogen and oxygen atoms in total. The lowest BCUT2D eigenvalue weighted by molar-refractivity contribution is -0.138. The quantitative estimate of drug-likeness (QED) is 0.807. The van der Waals surface area contributed by atoms with E-state index in [0.29, 0.717) is 18.7 Å². The molecule has 7 heteroatoms. The smallest absolute Gasteiger partial charge is 0.257 e. The number of hydrogen-bond acceptors (Lipinski definition) is 5. The van der Waals surface area contributed by atoms with Crippen molar-refractivity contribution in [2.24, 2.45) is 5.92 Å². The summed E-state index contributed by atoms with van der Waals surface area (Å²) in [5.41, 5.74) is 1.83. The lowest BCUT2D eigenvalue weighted by atomic mass is 9.94. The van der Waals surface area contributed by atoms with Crippen LogP contribution in [0.15, 0.2) is 47.5 Å². The Morgan fingerprint density at radius 3 is 2.32 bits per heavy atom. The molecule has 4 rings (SSSR count). The highest BCUT2D eigenvalue weighted by Gasteiger charge is 2.32. The second-order valence-corrected chi connectivity index (χ2v) is 7.54. The first-order valence-electron chi connectivity index (χ1n) is 9.92. The van der Waals surface area contributed by atoms with Crippen molar-refractivity contribution in [1.82, 2.24) is 19.7 Å². The monoisotopic (exact) mass is 382 g/mol. The summed E-state index contributed by atoms with van der Waals surface area (Å²) in [4.78, 5) is 35.5. The topological polar surface area (TPSA) is 69.9 Å². The molecule has 2 aromatic rings. The highest BCUT2D eigenvalue weighted by molar-refractivity contribution is 5.94. The molecule has 28 heavy (non-hydrogen) atoms. The minimum Gasteiger partial charge on any atom is -0.472 e. The molecule has 2 fully saturated rings. The Kier molecular flexibility index (Phi) is 5.71. The number of amides is 2. The normalized spacial score (nSPS) is 19.0.